The molecule has 2 N–H and O–H groups in total. The minimum Gasteiger partial charge on any atom is -0.462 e. The van der Waals surface area contributed by atoms with Gasteiger partial charge in [0.25, 0.3) is 11.8 Å². The van der Waals surface area contributed by atoms with Crippen molar-refractivity contribution in [1.29, 1.82) is 0 Å². The third-order valence-electron chi connectivity index (χ3n) is 5.32. The third kappa shape index (κ3) is 5.81. The number of nitrogens with zero attached hydrogens (tertiary/aromatic N) is 2. The van der Waals surface area contributed by atoms with E-state index < -0.39 is 35.5 Å². The van der Waals surface area contributed by atoms with Crippen LogP contribution >= 0.6 is 23.6 Å². The van der Waals surface area contributed by atoms with Gasteiger partial charge in [-0.15, -0.1) is 11.3 Å². The predicted octanol–water partition coefficient (Wildman–Crippen LogP) is 3.74. The lowest BCUT2D eigenvalue weighted by molar-refractivity contribution is -0.124. The molecule has 4 rings (SSSR count). The molecule has 1 unspecified atom stereocenters. The van der Waals surface area contributed by atoms with Gasteiger partial charge in [-0.1, -0.05) is 6.07 Å². The van der Waals surface area contributed by atoms with E-state index in [1.807, 2.05) is 0 Å². The van der Waals surface area contributed by atoms with Crippen LogP contribution in [0.4, 0.5) is 15.8 Å². The Morgan fingerprint density at radius 2 is 1.78 bits per heavy atom. The Labute approximate surface area is 220 Å². The van der Waals surface area contributed by atoms with Gasteiger partial charge in [-0.3, -0.25) is 24.7 Å². The van der Waals surface area contributed by atoms with Crippen molar-refractivity contribution in [2.24, 2.45) is 0 Å². The molecule has 1 saturated heterocycles. The molecule has 3 aromatic rings. The van der Waals surface area contributed by atoms with Crippen LogP contribution in [-0.4, -0.2) is 46.5 Å². The zero-order chi connectivity index (χ0) is 26.5. The van der Waals surface area contributed by atoms with E-state index in [1.54, 1.807) is 24.4 Å². The first-order valence-corrected chi connectivity index (χ1v) is 12.4. The zero-order valence-corrected chi connectivity index (χ0v) is 21.1. The Bertz CT molecular complexity index is 1330. The van der Waals surface area contributed by atoms with Crippen LogP contribution in [0.15, 0.2) is 66.0 Å². The van der Waals surface area contributed by atoms with Crippen LogP contribution in [0.1, 0.15) is 33.4 Å². The Morgan fingerprint density at radius 1 is 1.08 bits per heavy atom. The highest BCUT2D eigenvalue weighted by atomic mass is 32.1. The maximum Gasteiger partial charge on any atom is 0.338 e. The molecule has 3 amide bonds. The third-order valence-corrected chi connectivity index (χ3v) is 6.57. The lowest BCUT2D eigenvalue weighted by atomic mass is 10.1. The van der Waals surface area contributed by atoms with Crippen molar-refractivity contribution in [2.45, 2.75) is 19.4 Å². The van der Waals surface area contributed by atoms with Crippen molar-refractivity contribution in [3.05, 3.63) is 82.3 Å². The molecule has 12 heteroatoms. The van der Waals surface area contributed by atoms with Crippen molar-refractivity contribution in [3.8, 4) is 0 Å². The van der Waals surface area contributed by atoms with Gasteiger partial charge in [0, 0.05) is 5.69 Å². The van der Waals surface area contributed by atoms with Crippen LogP contribution < -0.4 is 15.6 Å². The summed E-state index contributed by atoms with van der Waals surface area (Å²) in [4.78, 5) is 52.6. The van der Waals surface area contributed by atoms with Gasteiger partial charge in [0.2, 0.25) is 11.0 Å². The number of thiocarbonyl (C=S) groups is 1. The molecule has 0 aliphatic carbocycles. The summed E-state index contributed by atoms with van der Waals surface area (Å²) in [5.41, 5.74) is 3.62. The summed E-state index contributed by atoms with van der Waals surface area (Å²) in [5.74, 6) is -2.54. The number of halogens is 1. The number of carbonyl (C=O) groups is 4. The minimum absolute atomic E-state index is 0.0432. The molecular formula is C25H21FN4O5S2. The Morgan fingerprint density at radius 3 is 2.41 bits per heavy atom. The molecule has 2 aromatic carbocycles. The largest absolute Gasteiger partial charge is 0.462 e. The quantitative estimate of drug-likeness (QED) is 0.331. The van der Waals surface area contributed by atoms with E-state index in [4.69, 9.17) is 17.0 Å². The van der Waals surface area contributed by atoms with Gasteiger partial charge < -0.3 is 10.1 Å². The fourth-order valence-electron chi connectivity index (χ4n) is 3.59. The Hall–Kier alpha value is -4.16. The molecule has 1 aliphatic rings. The summed E-state index contributed by atoms with van der Waals surface area (Å²) in [6, 6.07) is 13.4. The normalized spacial score (nSPS) is 15.0. The first kappa shape index (κ1) is 25.9. The zero-order valence-electron chi connectivity index (χ0n) is 19.5. The number of thiophene rings is 1. The number of anilines is 2. The van der Waals surface area contributed by atoms with Gasteiger partial charge in [-0.25, -0.2) is 14.2 Å². The number of hydrogen-bond acceptors (Lipinski definition) is 7. The predicted molar refractivity (Wildman–Crippen MR) is 140 cm³/mol. The smallest absolute Gasteiger partial charge is 0.338 e. The first-order valence-electron chi connectivity index (χ1n) is 11.1. The second-order valence-corrected chi connectivity index (χ2v) is 9.10. The highest BCUT2D eigenvalue weighted by molar-refractivity contribution is 7.80. The summed E-state index contributed by atoms with van der Waals surface area (Å²) < 4.78 is 18.2. The molecule has 1 aliphatic heterocycles. The van der Waals surface area contributed by atoms with E-state index >= 15 is 0 Å². The topological polar surface area (TPSA) is 108 Å². The van der Waals surface area contributed by atoms with Crippen LogP contribution in [0.25, 0.3) is 0 Å². The van der Waals surface area contributed by atoms with Crippen molar-refractivity contribution >= 4 is 63.7 Å². The number of rotatable bonds is 8. The van der Waals surface area contributed by atoms with Crippen LogP contribution in [0.5, 0.6) is 0 Å². The molecule has 0 radical (unpaired) electrons. The van der Waals surface area contributed by atoms with Crippen molar-refractivity contribution in [3.63, 3.8) is 0 Å². The molecule has 1 fully saturated rings. The first-order chi connectivity index (χ1) is 17.8. The minimum atomic E-state index is -1.15. The van der Waals surface area contributed by atoms with Gasteiger partial charge in [-0.05, 0) is 79.1 Å². The number of amides is 3. The summed E-state index contributed by atoms with van der Waals surface area (Å²) in [5, 5.41) is 5.48. The SMILES string of the molecule is CCOC(=O)c1ccc(N2C(=O)C(CC(=O)Nc3ccc(F)cc3)N(NC(=O)c3cccs3)C2=S)cc1. The van der Waals surface area contributed by atoms with Gasteiger partial charge in [0.05, 0.1) is 29.2 Å². The summed E-state index contributed by atoms with van der Waals surface area (Å²) >= 11 is 6.73. The number of hydrazine groups is 1. The van der Waals surface area contributed by atoms with E-state index in [1.165, 1.54) is 69.8 Å². The summed E-state index contributed by atoms with van der Waals surface area (Å²) in [7, 11) is 0. The molecule has 1 atom stereocenters. The molecule has 1 aromatic heterocycles. The lowest BCUT2D eigenvalue weighted by Gasteiger charge is -2.24. The molecule has 190 valence electrons. The lowest BCUT2D eigenvalue weighted by Crippen LogP contribution is -2.49. The summed E-state index contributed by atoms with van der Waals surface area (Å²) in [6.07, 6.45) is -0.349. The average molecular weight is 541 g/mol. The number of hydrogen-bond donors (Lipinski definition) is 2. The average Bonchev–Trinajstić information content (AvgIpc) is 3.49. The van der Waals surface area contributed by atoms with Crippen molar-refractivity contribution in [1.82, 2.24) is 10.4 Å². The van der Waals surface area contributed by atoms with E-state index in [2.05, 4.69) is 10.7 Å². The monoisotopic (exact) mass is 540 g/mol. The van der Waals surface area contributed by atoms with Crippen molar-refractivity contribution < 1.29 is 28.3 Å². The van der Waals surface area contributed by atoms with Gasteiger partial charge in [-0.2, -0.15) is 0 Å². The maximum absolute atomic E-state index is 13.5. The number of benzene rings is 2. The second kappa shape index (κ2) is 11.3. The highest BCUT2D eigenvalue weighted by Gasteiger charge is 2.45. The second-order valence-electron chi connectivity index (χ2n) is 7.79. The van der Waals surface area contributed by atoms with E-state index in [-0.39, 0.29) is 18.1 Å². The molecule has 9 nitrogen and oxygen atoms in total. The number of esters is 1. The van der Waals surface area contributed by atoms with E-state index in [9.17, 15) is 23.6 Å². The fraction of sp³-hybridized carbons (Fsp3) is 0.160. The number of carbonyl (C=O) groups excluding carboxylic acids is 4. The van der Waals surface area contributed by atoms with Crippen LogP contribution in [0.2, 0.25) is 0 Å². The fourth-order valence-corrected chi connectivity index (χ4v) is 4.57. The van der Waals surface area contributed by atoms with Gasteiger partial charge in [0.15, 0.2) is 0 Å². The molecular weight excluding hydrogens is 519 g/mol. The molecule has 2 heterocycles. The van der Waals surface area contributed by atoms with Crippen molar-refractivity contribution in [2.75, 3.05) is 16.8 Å². The van der Waals surface area contributed by atoms with E-state index in [0.29, 0.717) is 21.8 Å². The van der Waals surface area contributed by atoms with Crippen LogP contribution in [-0.2, 0) is 14.3 Å². The molecule has 0 spiro atoms. The van der Waals surface area contributed by atoms with E-state index in [0.717, 1.165) is 0 Å². The molecule has 37 heavy (non-hydrogen) atoms. The van der Waals surface area contributed by atoms with Crippen LogP contribution in [0.3, 0.4) is 0 Å². The molecule has 0 bridgehead atoms. The Kier molecular flexibility index (Phi) is 7.89. The molecule has 0 saturated carbocycles. The van der Waals surface area contributed by atoms with Gasteiger partial charge >= 0.3 is 5.97 Å². The maximum atomic E-state index is 13.5. The number of nitrogens with one attached hydrogen (secondary N) is 2. The summed E-state index contributed by atoms with van der Waals surface area (Å²) in [6.45, 7) is 1.91. The van der Waals surface area contributed by atoms with Crippen LogP contribution in [0, 0.1) is 5.82 Å². The number of ether oxygens (including phenoxy) is 1. The Balaban J connectivity index is 1.58. The van der Waals surface area contributed by atoms with Gasteiger partial charge in [0.1, 0.15) is 11.9 Å². The highest BCUT2D eigenvalue weighted by Crippen LogP contribution is 2.27. The standard InChI is InChI=1S/C25H21FN4O5S2/c1-2-35-24(34)15-5-11-18(12-6-15)29-23(33)19(14-21(31)27-17-9-7-16(26)8-10-17)30(25(29)36)28-22(32)20-4-3-13-37-20/h3-13,19H,2,14H2,1H3,(H,27,31)(H,28,32).